The van der Waals surface area contributed by atoms with Gasteiger partial charge in [0.25, 0.3) is 0 Å². The number of carbonyl (C=O) groups is 2. The van der Waals surface area contributed by atoms with Crippen molar-refractivity contribution in [1.82, 2.24) is 0 Å². The van der Waals surface area contributed by atoms with Crippen LogP contribution in [0.15, 0.2) is 36.4 Å². The summed E-state index contributed by atoms with van der Waals surface area (Å²) in [4.78, 5) is 23.6. The fourth-order valence-corrected chi connectivity index (χ4v) is 2.91. The largest absolute Gasteiger partial charge is 0.481 e. The molecule has 2 N–H and O–H groups in total. The monoisotopic (exact) mass is 327 g/mol. The van der Waals surface area contributed by atoms with Gasteiger partial charge in [-0.3, -0.25) is 9.59 Å². The highest BCUT2D eigenvalue weighted by Crippen LogP contribution is 2.40. The number of halogens is 3. The van der Waals surface area contributed by atoms with Crippen molar-refractivity contribution in [2.24, 2.45) is 11.8 Å². The summed E-state index contributed by atoms with van der Waals surface area (Å²) in [6.07, 6.45) is -2.71. The number of fused-ring (bicyclic) bond motifs is 2. The van der Waals surface area contributed by atoms with Gasteiger partial charge in [0.05, 0.1) is 23.7 Å². The molecule has 122 valence electrons. The summed E-state index contributed by atoms with van der Waals surface area (Å²) in [6, 6.07) is 4.17. The van der Waals surface area contributed by atoms with Gasteiger partial charge < -0.3 is 15.2 Å². The molecule has 0 saturated carbocycles. The number of benzene rings is 1. The lowest BCUT2D eigenvalue weighted by Crippen LogP contribution is -2.39. The van der Waals surface area contributed by atoms with Crippen LogP contribution in [0.1, 0.15) is 5.56 Å². The van der Waals surface area contributed by atoms with Gasteiger partial charge in [-0.25, -0.2) is 0 Å². The van der Waals surface area contributed by atoms with Crippen molar-refractivity contribution in [3.63, 3.8) is 0 Å². The van der Waals surface area contributed by atoms with Crippen LogP contribution >= 0.6 is 0 Å². The SMILES string of the molecule is O=C(O)[C@@H]1[C@H](C(=O)Nc2cccc(C(F)(F)F)c2)[C@H]2C=C[C@H]1O2. The van der Waals surface area contributed by atoms with Crippen molar-refractivity contribution in [3.05, 3.63) is 42.0 Å². The van der Waals surface area contributed by atoms with Crippen LogP contribution < -0.4 is 5.32 Å². The minimum Gasteiger partial charge on any atom is -0.481 e. The lowest BCUT2D eigenvalue weighted by atomic mass is 9.82. The Balaban J connectivity index is 1.80. The average molecular weight is 327 g/mol. The van der Waals surface area contributed by atoms with Gasteiger partial charge in [0.2, 0.25) is 5.91 Å². The molecule has 0 spiro atoms. The smallest absolute Gasteiger partial charge is 0.416 e. The molecule has 2 bridgehead atoms. The first-order valence-corrected chi connectivity index (χ1v) is 6.82. The fraction of sp³-hybridized carbons (Fsp3) is 0.333. The van der Waals surface area contributed by atoms with E-state index in [0.717, 1.165) is 12.1 Å². The Labute approximate surface area is 128 Å². The number of rotatable bonds is 3. The lowest BCUT2D eigenvalue weighted by molar-refractivity contribution is -0.145. The quantitative estimate of drug-likeness (QED) is 0.835. The first-order valence-electron chi connectivity index (χ1n) is 6.82. The number of nitrogens with one attached hydrogen (secondary N) is 1. The molecule has 2 heterocycles. The van der Waals surface area contributed by atoms with E-state index in [2.05, 4.69) is 5.32 Å². The van der Waals surface area contributed by atoms with Gasteiger partial charge in [-0.1, -0.05) is 18.2 Å². The number of alkyl halides is 3. The molecule has 1 saturated heterocycles. The molecule has 4 atom stereocenters. The molecule has 2 aliphatic heterocycles. The van der Waals surface area contributed by atoms with Crippen molar-refractivity contribution in [1.29, 1.82) is 0 Å². The van der Waals surface area contributed by atoms with Gasteiger partial charge >= 0.3 is 12.1 Å². The third-order valence-corrected chi connectivity index (χ3v) is 3.94. The van der Waals surface area contributed by atoms with Crippen LogP contribution in [0.25, 0.3) is 0 Å². The van der Waals surface area contributed by atoms with Crippen molar-refractivity contribution in [3.8, 4) is 0 Å². The summed E-state index contributed by atoms with van der Waals surface area (Å²) in [7, 11) is 0. The van der Waals surface area contributed by atoms with Crippen LogP contribution in [0.5, 0.6) is 0 Å². The van der Waals surface area contributed by atoms with Crippen LogP contribution in [0.2, 0.25) is 0 Å². The molecule has 0 unspecified atom stereocenters. The molecule has 0 radical (unpaired) electrons. The third kappa shape index (κ3) is 2.81. The Morgan fingerprint density at radius 3 is 2.39 bits per heavy atom. The number of aliphatic carboxylic acids is 1. The number of ether oxygens (including phenoxy) is 1. The van der Waals surface area contributed by atoms with Crippen molar-refractivity contribution < 1.29 is 32.6 Å². The van der Waals surface area contributed by atoms with Gasteiger partial charge in [0.1, 0.15) is 5.92 Å². The summed E-state index contributed by atoms with van der Waals surface area (Å²) in [5, 5.41) is 11.6. The molecular weight excluding hydrogens is 315 g/mol. The number of hydrogen-bond donors (Lipinski definition) is 2. The zero-order valence-corrected chi connectivity index (χ0v) is 11.6. The van der Waals surface area contributed by atoms with Gasteiger partial charge in [-0.05, 0) is 18.2 Å². The average Bonchev–Trinajstić information content (AvgIpc) is 3.07. The van der Waals surface area contributed by atoms with E-state index >= 15 is 0 Å². The second-order valence-electron chi connectivity index (χ2n) is 5.41. The maximum absolute atomic E-state index is 12.7. The summed E-state index contributed by atoms with van der Waals surface area (Å²) in [5.74, 6) is -3.87. The summed E-state index contributed by atoms with van der Waals surface area (Å²) >= 11 is 0. The standard InChI is InChI=1S/C15H12F3NO4/c16-15(17,18)7-2-1-3-8(6-7)19-13(20)11-9-4-5-10(23-9)12(11)14(21)22/h1-6,9-12H,(H,19,20)(H,21,22)/t9-,10-,11-,12+/m1/s1. The van der Waals surface area contributed by atoms with Crippen LogP contribution in [0, 0.1) is 11.8 Å². The molecule has 23 heavy (non-hydrogen) atoms. The second-order valence-corrected chi connectivity index (χ2v) is 5.41. The molecule has 0 aliphatic carbocycles. The second kappa shape index (κ2) is 5.38. The van der Waals surface area contributed by atoms with E-state index in [0.29, 0.717) is 0 Å². The Kier molecular flexibility index (Phi) is 3.63. The van der Waals surface area contributed by atoms with E-state index in [9.17, 15) is 27.9 Å². The van der Waals surface area contributed by atoms with Gasteiger partial charge in [-0.15, -0.1) is 0 Å². The molecule has 1 aromatic rings. The molecule has 2 aliphatic rings. The molecule has 1 aromatic carbocycles. The predicted octanol–water partition coefficient (Wildman–Crippen LogP) is 2.30. The van der Waals surface area contributed by atoms with Crippen molar-refractivity contribution >= 4 is 17.6 Å². The molecule has 3 rings (SSSR count). The summed E-state index contributed by atoms with van der Waals surface area (Å²) in [6.45, 7) is 0. The van der Waals surface area contributed by atoms with Crippen LogP contribution in [0.4, 0.5) is 18.9 Å². The molecular formula is C15H12F3NO4. The molecule has 1 fully saturated rings. The van der Waals surface area contributed by atoms with Crippen molar-refractivity contribution in [2.75, 3.05) is 5.32 Å². The topological polar surface area (TPSA) is 75.6 Å². The van der Waals surface area contributed by atoms with E-state index in [4.69, 9.17) is 4.74 Å². The van der Waals surface area contributed by atoms with E-state index in [1.807, 2.05) is 0 Å². The Hall–Kier alpha value is -2.35. The van der Waals surface area contributed by atoms with E-state index in [-0.39, 0.29) is 5.69 Å². The lowest BCUT2D eigenvalue weighted by Gasteiger charge is -2.21. The van der Waals surface area contributed by atoms with Gasteiger partial charge in [-0.2, -0.15) is 13.2 Å². The summed E-state index contributed by atoms with van der Waals surface area (Å²) < 4.78 is 43.4. The minimum atomic E-state index is -4.53. The highest BCUT2D eigenvalue weighted by Gasteiger charge is 2.53. The van der Waals surface area contributed by atoms with Crippen LogP contribution in [0.3, 0.4) is 0 Å². The predicted molar refractivity (Wildman–Crippen MR) is 72.5 cm³/mol. The van der Waals surface area contributed by atoms with Gasteiger partial charge in [0, 0.05) is 5.69 Å². The first-order chi connectivity index (χ1) is 10.8. The minimum absolute atomic E-state index is 0.0410. The van der Waals surface area contributed by atoms with Crippen molar-refractivity contribution in [2.45, 2.75) is 18.4 Å². The zero-order valence-electron chi connectivity index (χ0n) is 11.6. The fourth-order valence-electron chi connectivity index (χ4n) is 2.91. The van der Waals surface area contributed by atoms with E-state index in [1.54, 1.807) is 12.2 Å². The maximum atomic E-state index is 12.7. The van der Waals surface area contributed by atoms with E-state index in [1.165, 1.54) is 12.1 Å². The van der Waals surface area contributed by atoms with Crippen LogP contribution in [-0.2, 0) is 20.5 Å². The molecule has 5 nitrogen and oxygen atoms in total. The number of carboxylic acids is 1. The number of hydrogen-bond acceptors (Lipinski definition) is 3. The molecule has 0 aromatic heterocycles. The van der Waals surface area contributed by atoms with E-state index < -0.39 is 47.7 Å². The number of carboxylic acid groups (broad SMARTS) is 1. The maximum Gasteiger partial charge on any atom is 0.416 e. The van der Waals surface area contributed by atoms with Crippen LogP contribution in [-0.4, -0.2) is 29.2 Å². The van der Waals surface area contributed by atoms with Gasteiger partial charge in [0.15, 0.2) is 0 Å². The normalized spacial score (nSPS) is 28.8. The summed E-state index contributed by atoms with van der Waals surface area (Å²) in [5.41, 5.74) is -0.935. The number of anilines is 1. The zero-order chi connectivity index (χ0) is 16.8. The Bertz CT molecular complexity index is 686. The Morgan fingerprint density at radius 1 is 1.13 bits per heavy atom. The molecule has 1 amide bonds. The number of carbonyl (C=O) groups excluding carboxylic acids is 1. The number of amides is 1. The molecule has 8 heteroatoms. The third-order valence-electron chi connectivity index (χ3n) is 3.94. The highest BCUT2D eigenvalue weighted by molar-refractivity contribution is 5.96. The Morgan fingerprint density at radius 2 is 1.78 bits per heavy atom. The first kappa shape index (κ1) is 15.5. The highest BCUT2D eigenvalue weighted by atomic mass is 19.4.